The van der Waals surface area contributed by atoms with Crippen molar-refractivity contribution in [1.29, 1.82) is 0 Å². The first-order valence-corrected chi connectivity index (χ1v) is 11.3. The Morgan fingerprint density at radius 2 is 1.93 bits per heavy atom. The van der Waals surface area contributed by atoms with Crippen LogP contribution in [0.1, 0.15) is 24.2 Å². The number of nitrogens with zero attached hydrogens (tertiary/aromatic N) is 1. The minimum absolute atomic E-state index is 0.0842. The Labute approximate surface area is 176 Å². The van der Waals surface area contributed by atoms with Crippen LogP contribution in [-0.2, 0) is 10.0 Å². The Hall–Kier alpha value is -2.45. The number of rotatable bonds is 6. The summed E-state index contributed by atoms with van der Waals surface area (Å²) in [5, 5.41) is 22.1. The number of para-hydroxylation sites is 1. The molecule has 2 N–H and O–H groups in total. The molecule has 0 spiro atoms. The van der Waals surface area contributed by atoms with Crippen molar-refractivity contribution in [2.45, 2.75) is 36.3 Å². The normalized spacial score (nSPS) is 22.6. The molecule has 30 heavy (non-hydrogen) atoms. The van der Waals surface area contributed by atoms with Crippen LogP contribution in [0, 0.1) is 6.92 Å². The number of aliphatic hydroxyl groups excluding tert-OH is 1. The first-order chi connectivity index (χ1) is 14.3. The van der Waals surface area contributed by atoms with Crippen molar-refractivity contribution >= 4 is 26.6 Å². The second-order valence-electron chi connectivity index (χ2n) is 7.76. The fourth-order valence-corrected chi connectivity index (χ4v) is 5.87. The van der Waals surface area contributed by atoms with E-state index < -0.39 is 21.7 Å². The summed E-state index contributed by atoms with van der Waals surface area (Å²) >= 11 is 0. The molecule has 0 aliphatic carbocycles. The average molecular weight is 428 g/mol. The maximum absolute atomic E-state index is 13.3. The number of furan rings is 1. The number of aryl methyl sites for hydroxylation is 1. The smallest absolute Gasteiger partial charge is 0.243 e. The fraction of sp³-hybridized carbons (Fsp3) is 0.304. The number of fused-ring (bicyclic) bond motifs is 1. The summed E-state index contributed by atoms with van der Waals surface area (Å²) in [4.78, 5) is 0.162. The van der Waals surface area contributed by atoms with Gasteiger partial charge in [-0.1, -0.05) is 42.5 Å². The van der Waals surface area contributed by atoms with Gasteiger partial charge in [-0.15, -0.1) is 0 Å². The van der Waals surface area contributed by atoms with Gasteiger partial charge in [0.05, 0.1) is 10.9 Å². The number of hydrogen-bond acceptors (Lipinski definition) is 5. The van der Waals surface area contributed by atoms with Gasteiger partial charge < -0.3 is 14.6 Å². The molecule has 1 fully saturated rings. The van der Waals surface area contributed by atoms with Gasteiger partial charge in [-0.2, -0.15) is 4.31 Å². The van der Waals surface area contributed by atoms with Crippen molar-refractivity contribution in [1.82, 2.24) is 4.31 Å². The van der Waals surface area contributed by atoms with Crippen molar-refractivity contribution in [3.05, 3.63) is 72.5 Å². The van der Waals surface area contributed by atoms with Crippen LogP contribution in [0.15, 0.2) is 70.5 Å². The number of benzene rings is 2. The summed E-state index contributed by atoms with van der Waals surface area (Å²) in [5.74, 6) is 0.413. The summed E-state index contributed by atoms with van der Waals surface area (Å²) in [6.07, 6.45) is 0.249. The van der Waals surface area contributed by atoms with Crippen LogP contribution in [-0.4, -0.2) is 47.7 Å². The molecule has 2 heterocycles. The SMILES string of the molecule is C=C(c1cc2ccccc2o1)[C@]1(O)CCN(S(=O)(=O)c2ccc(C)cc2)[C@H]1CCO. The summed E-state index contributed by atoms with van der Waals surface area (Å²) < 4.78 is 33.7. The molecule has 0 unspecified atom stereocenters. The molecule has 6 nitrogen and oxygen atoms in total. The van der Waals surface area contributed by atoms with E-state index in [9.17, 15) is 18.6 Å². The molecule has 1 saturated heterocycles. The molecule has 1 aromatic heterocycles. The van der Waals surface area contributed by atoms with Crippen molar-refractivity contribution in [3.63, 3.8) is 0 Å². The Morgan fingerprint density at radius 1 is 1.23 bits per heavy atom. The van der Waals surface area contributed by atoms with E-state index in [1.54, 1.807) is 30.3 Å². The Kier molecular flexibility index (Phi) is 5.32. The first-order valence-electron chi connectivity index (χ1n) is 9.87. The highest BCUT2D eigenvalue weighted by Gasteiger charge is 2.52. The van der Waals surface area contributed by atoms with Gasteiger partial charge in [-0.05, 0) is 44.0 Å². The molecule has 0 bridgehead atoms. The van der Waals surface area contributed by atoms with Crippen LogP contribution in [0.3, 0.4) is 0 Å². The van der Waals surface area contributed by atoms with Gasteiger partial charge in [0.25, 0.3) is 0 Å². The van der Waals surface area contributed by atoms with Crippen molar-refractivity contribution < 1.29 is 23.0 Å². The fourth-order valence-electron chi connectivity index (χ4n) is 4.18. The quantitative estimate of drug-likeness (QED) is 0.630. The van der Waals surface area contributed by atoms with Crippen LogP contribution in [0.4, 0.5) is 0 Å². The van der Waals surface area contributed by atoms with Crippen molar-refractivity contribution in [2.75, 3.05) is 13.2 Å². The third-order valence-corrected chi connectivity index (χ3v) is 7.81. The van der Waals surface area contributed by atoms with Crippen LogP contribution >= 0.6 is 0 Å². The van der Waals surface area contributed by atoms with Gasteiger partial charge in [0.15, 0.2) is 0 Å². The predicted molar refractivity (Wildman–Crippen MR) is 115 cm³/mol. The van der Waals surface area contributed by atoms with Gasteiger partial charge >= 0.3 is 0 Å². The molecule has 0 radical (unpaired) electrons. The van der Waals surface area contributed by atoms with Gasteiger partial charge in [0, 0.05) is 24.1 Å². The molecule has 2 aromatic carbocycles. The highest BCUT2D eigenvalue weighted by atomic mass is 32.2. The number of hydrogen-bond donors (Lipinski definition) is 2. The summed E-state index contributed by atoms with van der Waals surface area (Å²) in [6.45, 7) is 5.80. The Bertz CT molecular complexity index is 1150. The van der Waals surface area contributed by atoms with Gasteiger partial charge in [-0.3, -0.25) is 0 Å². The van der Waals surface area contributed by atoms with E-state index in [2.05, 4.69) is 6.58 Å². The molecule has 3 aromatic rings. The van der Waals surface area contributed by atoms with E-state index in [-0.39, 0.29) is 30.9 Å². The highest BCUT2D eigenvalue weighted by Crippen LogP contribution is 2.43. The lowest BCUT2D eigenvalue weighted by atomic mass is 9.84. The summed E-state index contributed by atoms with van der Waals surface area (Å²) in [6, 6.07) is 15.0. The van der Waals surface area contributed by atoms with Crippen LogP contribution in [0.25, 0.3) is 16.5 Å². The zero-order valence-electron chi connectivity index (χ0n) is 16.8. The molecule has 0 saturated carbocycles. The topological polar surface area (TPSA) is 91.0 Å². The monoisotopic (exact) mass is 427 g/mol. The number of sulfonamides is 1. The lowest BCUT2D eigenvalue weighted by Crippen LogP contribution is -2.47. The molecular weight excluding hydrogens is 402 g/mol. The molecular formula is C23H25NO5S. The molecule has 7 heteroatoms. The van der Waals surface area contributed by atoms with E-state index in [1.807, 2.05) is 31.2 Å². The van der Waals surface area contributed by atoms with E-state index in [4.69, 9.17) is 4.42 Å². The highest BCUT2D eigenvalue weighted by molar-refractivity contribution is 7.89. The first kappa shape index (κ1) is 20.8. The Morgan fingerprint density at radius 3 is 2.60 bits per heavy atom. The van der Waals surface area contributed by atoms with E-state index >= 15 is 0 Å². The van der Waals surface area contributed by atoms with Crippen molar-refractivity contribution in [3.8, 4) is 0 Å². The van der Waals surface area contributed by atoms with Crippen molar-refractivity contribution in [2.24, 2.45) is 0 Å². The van der Waals surface area contributed by atoms with Gasteiger partial charge in [0.2, 0.25) is 10.0 Å². The lowest BCUT2D eigenvalue weighted by molar-refractivity contribution is 0.0604. The molecule has 158 valence electrons. The maximum Gasteiger partial charge on any atom is 0.243 e. The third kappa shape index (κ3) is 3.37. The largest absolute Gasteiger partial charge is 0.456 e. The van der Waals surface area contributed by atoms with E-state index in [1.165, 1.54) is 4.31 Å². The van der Waals surface area contributed by atoms with Gasteiger partial charge in [-0.25, -0.2) is 8.42 Å². The minimum atomic E-state index is -3.85. The molecule has 2 atom stereocenters. The zero-order chi connectivity index (χ0) is 21.5. The second-order valence-corrected chi connectivity index (χ2v) is 9.65. The van der Waals surface area contributed by atoms with E-state index in [0.29, 0.717) is 16.9 Å². The molecule has 1 aliphatic heterocycles. The summed E-state index contributed by atoms with van der Waals surface area (Å²) in [7, 11) is -3.85. The predicted octanol–water partition coefficient (Wildman–Crippen LogP) is 3.33. The third-order valence-electron chi connectivity index (χ3n) is 5.89. The number of aliphatic hydroxyl groups is 2. The van der Waals surface area contributed by atoms with E-state index in [0.717, 1.165) is 10.9 Å². The standard InChI is InChI=1S/C23H25NO5S/c1-16-7-9-19(10-8-16)30(27,28)24-13-12-23(26,22(24)11-14-25)17(2)21-15-18-5-3-4-6-20(18)29-21/h3-10,15,22,25-26H,2,11-14H2,1H3/t22-,23+/m0/s1. The van der Waals surface area contributed by atoms with Crippen LogP contribution < -0.4 is 0 Å². The molecule has 4 rings (SSSR count). The van der Waals surface area contributed by atoms with Crippen LogP contribution in [0.2, 0.25) is 0 Å². The Balaban J connectivity index is 1.71. The zero-order valence-corrected chi connectivity index (χ0v) is 17.6. The van der Waals surface area contributed by atoms with Crippen LogP contribution in [0.5, 0.6) is 0 Å². The average Bonchev–Trinajstić information content (AvgIpc) is 3.31. The van der Waals surface area contributed by atoms with Gasteiger partial charge in [0.1, 0.15) is 16.9 Å². The molecule has 0 amide bonds. The molecule has 1 aliphatic rings. The second kappa shape index (κ2) is 7.67. The summed E-state index contributed by atoms with van der Waals surface area (Å²) in [5.41, 5.74) is 0.392. The lowest BCUT2D eigenvalue weighted by Gasteiger charge is -2.34. The minimum Gasteiger partial charge on any atom is -0.456 e. The maximum atomic E-state index is 13.3.